The number of benzene rings is 1. The molecule has 25 heavy (non-hydrogen) atoms. The molecule has 2 saturated heterocycles. The van der Waals surface area contributed by atoms with E-state index in [1.54, 1.807) is 11.3 Å². The molecule has 2 fully saturated rings. The molecule has 3 aliphatic heterocycles. The normalized spacial score (nSPS) is 29.8. The number of thiophene rings is 1. The van der Waals surface area contributed by atoms with Crippen molar-refractivity contribution in [3.05, 3.63) is 52.2 Å². The highest BCUT2D eigenvalue weighted by Crippen LogP contribution is 2.51. The van der Waals surface area contributed by atoms with Crippen LogP contribution in [0.5, 0.6) is 5.75 Å². The van der Waals surface area contributed by atoms with Gasteiger partial charge in [0, 0.05) is 12.5 Å². The van der Waals surface area contributed by atoms with E-state index in [9.17, 15) is 9.59 Å². The topological polar surface area (TPSA) is 46.6 Å². The summed E-state index contributed by atoms with van der Waals surface area (Å²) in [6.07, 6.45) is 3.54. The molecule has 5 rings (SSSR count). The fourth-order valence-corrected chi connectivity index (χ4v) is 5.55. The van der Waals surface area contributed by atoms with Crippen molar-refractivity contribution in [1.29, 1.82) is 0 Å². The zero-order valence-corrected chi connectivity index (χ0v) is 14.6. The smallest absolute Gasteiger partial charge is 0.227 e. The molecule has 0 aliphatic carbocycles. The van der Waals surface area contributed by atoms with Gasteiger partial charge in [-0.2, -0.15) is 11.3 Å². The highest BCUT2D eigenvalue weighted by atomic mass is 32.1. The maximum absolute atomic E-state index is 12.9. The first-order valence-electron chi connectivity index (χ1n) is 8.80. The third-order valence-corrected chi connectivity index (χ3v) is 6.61. The minimum atomic E-state index is -0.529. The lowest BCUT2D eigenvalue weighted by atomic mass is 9.78. The fraction of sp³-hybridized carbons (Fsp3) is 0.400. The van der Waals surface area contributed by atoms with Crippen LogP contribution >= 0.6 is 11.3 Å². The molecule has 3 atom stereocenters. The Morgan fingerprint density at radius 2 is 2.16 bits per heavy atom. The van der Waals surface area contributed by atoms with Crippen LogP contribution in [0.4, 0.5) is 0 Å². The molecule has 2 aromatic rings. The minimum Gasteiger partial charge on any atom is -0.484 e. The van der Waals surface area contributed by atoms with Crippen molar-refractivity contribution in [2.45, 2.75) is 49.8 Å². The van der Waals surface area contributed by atoms with E-state index in [4.69, 9.17) is 4.74 Å². The van der Waals surface area contributed by atoms with E-state index in [-0.39, 0.29) is 23.8 Å². The summed E-state index contributed by atoms with van der Waals surface area (Å²) in [6, 6.07) is 9.70. The quantitative estimate of drug-likeness (QED) is 0.831. The number of fused-ring (bicyclic) bond motifs is 4. The Labute approximate surface area is 150 Å². The number of amides is 1. The van der Waals surface area contributed by atoms with Crippen LogP contribution in [0.2, 0.25) is 0 Å². The molecule has 1 aromatic heterocycles. The molecule has 0 N–H and O–H groups in total. The van der Waals surface area contributed by atoms with Crippen molar-refractivity contribution >= 4 is 23.0 Å². The van der Waals surface area contributed by atoms with E-state index < -0.39 is 5.60 Å². The number of carbonyl (C=O) groups is 2. The first kappa shape index (κ1) is 15.1. The Hall–Kier alpha value is -2.14. The number of ether oxygens (including phenoxy) is 1. The van der Waals surface area contributed by atoms with Gasteiger partial charge in [-0.25, -0.2) is 0 Å². The molecule has 0 unspecified atom stereocenters. The molecule has 5 heteroatoms. The molecular formula is C20H19NO3S. The summed E-state index contributed by atoms with van der Waals surface area (Å²) < 4.78 is 6.39. The largest absolute Gasteiger partial charge is 0.484 e. The zero-order chi connectivity index (χ0) is 17.0. The second-order valence-corrected chi connectivity index (χ2v) is 8.10. The number of para-hydroxylation sites is 1. The molecule has 128 valence electrons. The Balaban J connectivity index is 1.44. The second kappa shape index (κ2) is 5.43. The van der Waals surface area contributed by atoms with Gasteiger partial charge in [0.25, 0.3) is 0 Å². The van der Waals surface area contributed by atoms with Gasteiger partial charge in [0.15, 0.2) is 5.78 Å². The van der Waals surface area contributed by atoms with Gasteiger partial charge in [-0.15, -0.1) is 0 Å². The summed E-state index contributed by atoms with van der Waals surface area (Å²) in [5.74, 6) is 0.980. The van der Waals surface area contributed by atoms with Crippen LogP contribution in [-0.2, 0) is 11.2 Å². The van der Waals surface area contributed by atoms with Crippen LogP contribution in [0.25, 0.3) is 0 Å². The van der Waals surface area contributed by atoms with Gasteiger partial charge in [0.1, 0.15) is 11.4 Å². The van der Waals surface area contributed by atoms with Gasteiger partial charge >= 0.3 is 0 Å². The lowest BCUT2D eigenvalue weighted by Crippen LogP contribution is -2.52. The molecule has 1 spiro atoms. The van der Waals surface area contributed by atoms with Gasteiger partial charge in [-0.3, -0.25) is 9.59 Å². The molecular weight excluding hydrogens is 334 g/mol. The van der Waals surface area contributed by atoms with Crippen LogP contribution in [0.3, 0.4) is 0 Å². The summed E-state index contributed by atoms with van der Waals surface area (Å²) in [7, 11) is 0. The van der Waals surface area contributed by atoms with E-state index in [0.717, 1.165) is 24.8 Å². The molecule has 3 aliphatic rings. The van der Waals surface area contributed by atoms with Crippen LogP contribution < -0.4 is 4.74 Å². The predicted molar refractivity (Wildman–Crippen MR) is 95.0 cm³/mol. The lowest BCUT2D eigenvalue weighted by molar-refractivity contribution is -0.133. The van der Waals surface area contributed by atoms with Gasteiger partial charge < -0.3 is 9.64 Å². The Morgan fingerprint density at radius 3 is 3.00 bits per heavy atom. The predicted octanol–water partition coefficient (Wildman–Crippen LogP) is 3.46. The van der Waals surface area contributed by atoms with Gasteiger partial charge in [0.05, 0.1) is 24.4 Å². The average Bonchev–Trinajstić information content (AvgIpc) is 3.30. The number of hydrogen-bond donors (Lipinski definition) is 0. The van der Waals surface area contributed by atoms with E-state index in [0.29, 0.717) is 24.2 Å². The number of hydrogen-bond acceptors (Lipinski definition) is 4. The lowest BCUT2D eigenvalue weighted by Gasteiger charge is -2.40. The van der Waals surface area contributed by atoms with Crippen molar-refractivity contribution in [3.8, 4) is 5.75 Å². The van der Waals surface area contributed by atoms with Crippen molar-refractivity contribution in [2.75, 3.05) is 0 Å². The van der Waals surface area contributed by atoms with Crippen LogP contribution in [0, 0.1) is 0 Å². The summed E-state index contributed by atoms with van der Waals surface area (Å²) in [4.78, 5) is 27.6. The first-order chi connectivity index (χ1) is 12.2. The number of nitrogens with zero attached hydrogens (tertiary/aromatic N) is 1. The maximum atomic E-state index is 12.9. The van der Waals surface area contributed by atoms with Gasteiger partial charge in [-0.1, -0.05) is 12.1 Å². The third-order valence-electron chi connectivity index (χ3n) is 5.87. The number of rotatable bonds is 2. The summed E-state index contributed by atoms with van der Waals surface area (Å²) in [5, 5.41) is 4.03. The Kier molecular flexibility index (Phi) is 3.29. The second-order valence-electron chi connectivity index (χ2n) is 7.32. The molecule has 2 bridgehead atoms. The SMILES string of the molecule is O=C1C[C@@]2(C[C@@H]3CC[C@@H]2N3C(=O)Cc2ccsc2)Oc2ccccc21. The molecule has 4 nitrogen and oxygen atoms in total. The third kappa shape index (κ3) is 2.25. The standard InChI is InChI=1S/C20H19NO3S/c22-16-11-20(24-17-4-2-1-3-15(16)17)10-14-5-6-18(20)21(14)19(23)9-13-7-8-25-12-13/h1-4,7-8,12,14,18H,5-6,9-11H2/t14-,18-,20+/m0/s1. The molecule has 4 heterocycles. The van der Waals surface area contributed by atoms with Crippen molar-refractivity contribution in [3.63, 3.8) is 0 Å². The van der Waals surface area contributed by atoms with Gasteiger partial charge in [0.2, 0.25) is 5.91 Å². The van der Waals surface area contributed by atoms with E-state index in [1.165, 1.54) is 0 Å². The minimum absolute atomic E-state index is 0.0148. The molecule has 1 amide bonds. The maximum Gasteiger partial charge on any atom is 0.227 e. The van der Waals surface area contributed by atoms with Crippen LogP contribution in [0.15, 0.2) is 41.1 Å². The highest BCUT2D eigenvalue weighted by molar-refractivity contribution is 7.08. The Bertz CT molecular complexity index is 846. The van der Waals surface area contributed by atoms with Crippen molar-refractivity contribution < 1.29 is 14.3 Å². The van der Waals surface area contributed by atoms with Gasteiger partial charge in [-0.05, 0) is 47.4 Å². The zero-order valence-electron chi connectivity index (χ0n) is 13.8. The van der Waals surface area contributed by atoms with Crippen LogP contribution in [0.1, 0.15) is 41.6 Å². The highest BCUT2D eigenvalue weighted by Gasteiger charge is 2.61. The molecule has 0 saturated carbocycles. The summed E-state index contributed by atoms with van der Waals surface area (Å²) in [6.45, 7) is 0. The summed E-state index contributed by atoms with van der Waals surface area (Å²) in [5.41, 5.74) is 1.21. The number of ketones is 1. The van der Waals surface area contributed by atoms with E-state index >= 15 is 0 Å². The van der Waals surface area contributed by atoms with Crippen molar-refractivity contribution in [2.24, 2.45) is 0 Å². The molecule has 1 aromatic carbocycles. The summed E-state index contributed by atoms with van der Waals surface area (Å²) >= 11 is 1.62. The fourth-order valence-electron chi connectivity index (χ4n) is 4.88. The number of carbonyl (C=O) groups excluding carboxylic acids is 2. The van der Waals surface area contributed by atoms with E-state index in [2.05, 4.69) is 0 Å². The average molecular weight is 353 g/mol. The van der Waals surface area contributed by atoms with Crippen molar-refractivity contribution in [1.82, 2.24) is 4.90 Å². The Morgan fingerprint density at radius 1 is 1.28 bits per heavy atom. The first-order valence-corrected chi connectivity index (χ1v) is 9.74. The van der Waals surface area contributed by atoms with Crippen LogP contribution in [-0.4, -0.2) is 34.3 Å². The monoisotopic (exact) mass is 353 g/mol. The van der Waals surface area contributed by atoms with E-state index in [1.807, 2.05) is 46.0 Å². The molecule has 0 radical (unpaired) electrons. The number of Topliss-reactive ketones (excluding diaryl/α,β-unsaturated/α-hetero) is 1.